The Kier molecular flexibility index (Phi) is 5.82. The van der Waals surface area contributed by atoms with Crippen molar-refractivity contribution in [2.45, 2.75) is 78.8 Å². The Morgan fingerprint density at radius 3 is 2.38 bits per heavy atom. The van der Waals surface area contributed by atoms with Crippen molar-refractivity contribution >= 4 is 0 Å². The first-order valence-electron chi connectivity index (χ1n) is 7.26. The summed E-state index contributed by atoms with van der Waals surface area (Å²) >= 11 is 0. The molecule has 96 valence electrons. The zero-order chi connectivity index (χ0) is 12.1. The Labute approximate surface area is 102 Å². The predicted octanol–water partition coefficient (Wildman–Crippen LogP) is 4.23. The van der Waals surface area contributed by atoms with Gasteiger partial charge in [0, 0.05) is 12.1 Å². The van der Waals surface area contributed by atoms with Crippen LogP contribution in [0.3, 0.4) is 0 Å². The normalized spacial score (nSPS) is 33.0. The van der Waals surface area contributed by atoms with Crippen molar-refractivity contribution in [3.8, 4) is 0 Å². The Hall–Kier alpha value is -0.0400. The van der Waals surface area contributed by atoms with Crippen molar-refractivity contribution in [3.63, 3.8) is 0 Å². The van der Waals surface area contributed by atoms with E-state index < -0.39 is 0 Å². The monoisotopic (exact) mass is 225 g/mol. The molecule has 1 aliphatic rings. The highest BCUT2D eigenvalue weighted by Gasteiger charge is 2.27. The Morgan fingerprint density at radius 2 is 1.75 bits per heavy atom. The van der Waals surface area contributed by atoms with E-state index in [2.05, 4.69) is 39.9 Å². The van der Waals surface area contributed by atoms with Gasteiger partial charge in [-0.05, 0) is 43.9 Å². The second-order valence-electron chi connectivity index (χ2n) is 6.41. The van der Waals surface area contributed by atoms with Gasteiger partial charge in [0.05, 0.1) is 0 Å². The quantitative estimate of drug-likeness (QED) is 0.738. The minimum absolute atomic E-state index is 0.695. The van der Waals surface area contributed by atoms with Crippen LogP contribution in [0.2, 0.25) is 0 Å². The molecule has 4 atom stereocenters. The highest BCUT2D eigenvalue weighted by molar-refractivity contribution is 4.83. The fraction of sp³-hybridized carbons (Fsp3) is 1.00. The number of rotatable bonds is 5. The van der Waals surface area contributed by atoms with Crippen molar-refractivity contribution in [3.05, 3.63) is 0 Å². The van der Waals surface area contributed by atoms with Crippen LogP contribution < -0.4 is 5.32 Å². The molecule has 4 unspecified atom stereocenters. The second kappa shape index (κ2) is 6.64. The second-order valence-corrected chi connectivity index (χ2v) is 6.41. The van der Waals surface area contributed by atoms with Crippen LogP contribution in [-0.4, -0.2) is 12.1 Å². The van der Waals surface area contributed by atoms with Gasteiger partial charge in [-0.25, -0.2) is 0 Å². The molecular weight excluding hydrogens is 194 g/mol. The summed E-state index contributed by atoms with van der Waals surface area (Å²) in [5.41, 5.74) is 0. The fourth-order valence-corrected chi connectivity index (χ4v) is 2.85. The third-order valence-electron chi connectivity index (χ3n) is 4.38. The minimum atomic E-state index is 0.695. The molecule has 0 spiro atoms. The summed E-state index contributed by atoms with van der Waals surface area (Å²) in [6, 6.07) is 1.46. The van der Waals surface area contributed by atoms with E-state index in [1.54, 1.807) is 0 Å². The SMILES string of the molecule is CC(C)CCC(C)NC1CCCC(C)C1C. The van der Waals surface area contributed by atoms with E-state index in [-0.39, 0.29) is 0 Å². The zero-order valence-electron chi connectivity index (χ0n) is 11.9. The minimum Gasteiger partial charge on any atom is -0.311 e. The van der Waals surface area contributed by atoms with E-state index in [1.807, 2.05) is 0 Å². The summed E-state index contributed by atoms with van der Waals surface area (Å²) in [5, 5.41) is 3.85. The number of nitrogens with one attached hydrogen (secondary N) is 1. The summed E-state index contributed by atoms with van der Waals surface area (Å²) in [6.07, 6.45) is 6.91. The van der Waals surface area contributed by atoms with Crippen LogP contribution >= 0.6 is 0 Å². The predicted molar refractivity (Wildman–Crippen MR) is 72.6 cm³/mol. The van der Waals surface area contributed by atoms with Gasteiger partial charge in [-0.3, -0.25) is 0 Å². The summed E-state index contributed by atoms with van der Waals surface area (Å²) < 4.78 is 0. The van der Waals surface area contributed by atoms with Gasteiger partial charge < -0.3 is 5.32 Å². The smallest absolute Gasteiger partial charge is 0.00977 e. The van der Waals surface area contributed by atoms with Crippen LogP contribution in [0.5, 0.6) is 0 Å². The van der Waals surface area contributed by atoms with Crippen LogP contribution in [0.1, 0.15) is 66.7 Å². The first kappa shape index (κ1) is 14.0. The van der Waals surface area contributed by atoms with Gasteiger partial charge in [0.2, 0.25) is 0 Å². The maximum absolute atomic E-state index is 3.85. The molecule has 1 fully saturated rings. The molecule has 0 aliphatic heterocycles. The van der Waals surface area contributed by atoms with Crippen LogP contribution in [0.25, 0.3) is 0 Å². The van der Waals surface area contributed by atoms with Gasteiger partial charge in [0.25, 0.3) is 0 Å². The summed E-state index contributed by atoms with van der Waals surface area (Å²) in [5.74, 6) is 2.60. The standard InChI is InChI=1S/C15H31N/c1-11(2)9-10-13(4)16-15-8-6-7-12(3)14(15)5/h11-16H,6-10H2,1-5H3. The molecular formula is C15H31N. The lowest BCUT2D eigenvalue weighted by Crippen LogP contribution is -2.44. The lowest BCUT2D eigenvalue weighted by atomic mass is 9.77. The molecule has 0 saturated heterocycles. The maximum atomic E-state index is 3.85. The summed E-state index contributed by atoms with van der Waals surface area (Å²) in [7, 11) is 0. The van der Waals surface area contributed by atoms with E-state index in [4.69, 9.17) is 0 Å². The van der Waals surface area contributed by atoms with Crippen LogP contribution in [-0.2, 0) is 0 Å². The van der Waals surface area contributed by atoms with Gasteiger partial charge in [-0.2, -0.15) is 0 Å². The number of hydrogen-bond acceptors (Lipinski definition) is 1. The molecule has 1 N–H and O–H groups in total. The summed E-state index contributed by atoms with van der Waals surface area (Å²) in [4.78, 5) is 0. The first-order chi connectivity index (χ1) is 7.50. The fourth-order valence-electron chi connectivity index (χ4n) is 2.85. The topological polar surface area (TPSA) is 12.0 Å². The van der Waals surface area contributed by atoms with E-state index in [1.165, 1.54) is 32.1 Å². The highest BCUT2D eigenvalue weighted by Crippen LogP contribution is 2.29. The molecule has 16 heavy (non-hydrogen) atoms. The van der Waals surface area contributed by atoms with Gasteiger partial charge in [-0.15, -0.1) is 0 Å². The third-order valence-corrected chi connectivity index (χ3v) is 4.38. The number of hydrogen-bond donors (Lipinski definition) is 1. The third kappa shape index (κ3) is 4.45. The van der Waals surface area contributed by atoms with Gasteiger partial charge >= 0.3 is 0 Å². The molecule has 0 amide bonds. The molecule has 0 heterocycles. The Morgan fingerprint density at radius 1 is 1.06 bits per heavy atom. The Balaban J connectivity index is 2.29. The molecule has 1 nitrogen and oxygen atoms in total. The molecule has 0 bridgehead atoms. The molecule has 0 aromatic carbocycles. The van der Waals surface area contributed by atoms with E-state index in [0.717, 1.165) is 23.8 Å². The van der Waals surface area contributed by atoms with Crippen molar-refractivity contribution < 1.29 is 0 Å². The van der Waals surface area contributed by atoms with Crippen LogP contribution in [0.4, 0.5) is 0 Å². The molecule has 1 aliphatic carbocycles. The van der Waals surface area contributed by atoms with Gasteiger partial charge in [0.1, 0.15) is 0 Å². The van der Waals surface area contributed by atoms with Crippen LogP contribution in [0.15, 0.2) is 0 Å². The van der Waals surface area contributed by atoms with E-state index in [0.29, 0.717) is 6.04 Å². The van der Waals surface area contributed by atoms with E-state index >= 15 is 0 Å². The summed E-state index contributed by atoms with van der Waals surface area (Å²) in [6.45, 7) is 11.8. The molecule has 1 rings (SSSR count). The first-order valence-corrected chi connectivity index (χ1v) is 7.26. The van der Waals surface area contributed by atoms with Crippen molar-refractivity contribution in [1.29, 1.82) is 0 Å². The lowest BCUT2D eigenvalue weighted by molar-refractivity contribution is 0.192. The van der Waals surface area contributed by atoms with Crippen LogP contribution in [0, 0.1) is 17.8 Å². The molecule has 0 radical (unpaired) electrons. The highest BCUT2D eigenvalue weighted by atomic mass is 15.0. The van der Waals surface area contributed by atoms with Gasteiger partial charge in [-0.1, -0.05) is 40.5 Å². The molecule has 0 aromatic rings. The van der Waals surface area contributed by atoms with Crippen molar-refractivity contribution in [2.75, 3.05) is 0 Å². The average molecular weight is 225 g/mol. The van der Waals surface area contributed by atoms with E-state index in [9.17, 15) is 0 Å². The average Bonchev–Trinajstić information content (AvgIpc) is 2.22. The van der Waals surface area contributed by atoms with Crippen molar-refractivity contribution in [2.24, 2.45) is 17.8 Å². The maximum Gasteiger partial charge on any atom is 0.00977 e. The van der Waals surface area contributed by atoms with Gasteiger partial charge in [0.15, 0.2) is 0 Å². The largest absolute Gasteiger partial charge is 0.311 e. The molecule has 0 aromatic heterocycles. The zero-order valence-corrected chi connectivity index (χ0v) is 11.9. The lowest BCUT2D eigenvalue weighted by Gasteiger charge is -2.36. The Bertz CT molecular complexity index is 188. The molecule has 1 saturated carbocycles. The van der Waals surface area contributed by atoms with Crippen molar-refractivity contribution in [1.82, 2.24) is 5.32 Å². The molecule has 1 heteroatoms.